The summed E-state index contributed by atoms with van der Waals surface area (Å²) in [5.74, 6) is -3.21. The Morgan fingerprint density at radius 2 is 1.06 bits per heavy atom. The van der Waals surface area contributed by atoms with Gasteiger partial charge >= 0.3 is 17.9 Å². The van der Waals surface area contributed by atoms with Crippen molar-refractivity contribution in [1.29, 1.82) is 0 Å². The summed E-state index contributed by atoms with van der Waals surface area (Å²) in [5.41, 5.74) is 0. The van der Waals surface area contributed by atoms with E-state index in [0.717, 1.165) is 32.5 Å². The van der Waals surface area contributed by atoms with Crippen LogP contribution in [0.3, 0.4) is 0 Å². The van der Waals surface area contributed by atoms with Crippen molar-refractivity contribution in [2.24, 2.45) is 0 Å². The number of rotatable bonds is 26. The number of nitrogens with one attached hydrogen (secondary N) is 4. The van der Waals surface area contributed by atoms with Crippen LogP contribution < -0.4 is 21.3 Å². The molecular formula is C24H48N4O6. The molecule has 34 heavy (non-hydrogen) atoms. The standard InChI is InChI=1S/C24H48N4O6/c1-25-16-10-7-5-3-2-4-6-8-11-17-26-18-12-9-13-20(23(31)32)27-19-28-21(24(33)34)14-15-22(29)30/h20-21,25-28H,2-19H2,1H3,(H,29,30)(H,31,32)(H,33,34). The Kier molecular flexibility index (Phi) is 21.8. The van der Waals surface area contributed by atoms with Gasteiger partial charge in [-0.05, 0) is 58.8 Å². The molecule has 10 heteroatoms. The largest absolute Gasteiger partial charge is 0.481 e. The minimum absolute atomic E-state index is 0.0118. The van der Waals surface area contributed by atoms with Crippen LogP contribution in [0.15, 0.2) is 0 Å². The maximum atomic E-state index is 11.4. The van der Waals surface area contributed by atoms with Crippen molar-refractivity contribution in [3.8, 4) is 0 Å². The number of carboxylic acids is 3. The van der Waals surface area contributed by atoms with Gasteiger partial charge in [-0.25, -0.2) is 0 Å². The Balaban J connectivity index is 3.67. The zero-order valence-electron chi connectivity index (χ0n) is 20.9. The molecule has 0 aromatic heterocycles. The van der Waals surface area contributed by atoms with Gasteiger partial charge in [-0.15, -0.1) is 0 Å². The summed E-state index contributed by atoms with van der Waals surface area (Å²) < 4.78 is 0. The molecule has 0 saturated heterocycles. The third-order valence-corrected chi connectivity index (χ3v) is 5.82. The molecule has 0 heterocycles. The molecule has 0 aromatic rings. The van der Waals surface area contributed by atoms with E-state index in [0.29, 0.717) is 6.42 Å². The normalized spacial score (nSPS) is 13.0. The molecule has 0 saturated carbocycles. The molecule has 200 valence electrons. The molecule has 0 rings (SSSR count). The van der Waals surface area contributed by atoms with Crippen LogP contribution in [0.25, 0.3) is 0 Å². The van der Waals surface area contributed by atoms with Gasteiger partial charge < -0.3 is 26.0 Å². The predicted octanol–water partition coefficient (Wildman–Crippen LogP) is 2.38. The van der Waals surface area contributed by atoms with E-state index in [9.17, 15) is 19.5 Å². The third-order valence-electron chi connectivity index (χ3n) is 5.82. The lowest BCUT2D eigenvalue weighted by atomic mass is 10.1. The summed E-state index contributed by atoms with van der Waals surface area (Å²) in [6, 6.07) is -1.81. The van der Waals surface area contributed by atoms with Gasteiger partial charge in [0.05, 0.1) is 0 Å². The zero-order valence-corrected chi connectivity index (χ0v) is 20.9. The molecule has 0 bridgehead atoms. The average molecular weight is 489 g/mol. The van der Waals surface area contributed by atoms with Crippen molar-refractivity contribution in [2.75, 3.05) is 33.4 Å². The molecule has 0 fully saturated rings. The summed E-state index contributed by atoms with van der Waals surface area (Å²) >= 11 is 0. The first kappa shape index (κ1) is 32.2. The van der Waals surface area contributed by atoms with Crippen molar-refractivity contribution in [3.63, 3.8) is 0 Å². The first-order valence-electron chi connectivity index (χ1n) is 12.9. The predicted molar refractivity (Wildman–Crippen MR) is 133 cm³/mol. The molecule has 7 N–H and O–H groups in total. The molecule has 0 aliphatic heterocycles. The second kappa shape index (κ2) is 23.0. The fourth-order valence-corrected chi connectivity index (χ4v) is 3.71. The van der Waals surface area contributed by atoms with Gasteiger partial charge in [0.15, 0.2) is 0 Å². The van der Waals surface area contributed by atoms with Gasteiger partial charge in [-0.1, -0.05) is 51.4 Å². The van der Waals surface area contributed by atoms with Crippen molar-refractivity contribution in [1.82, 2.24) is 21.3 Å². The smallest absolute Gasteiger partial charge is 0.320 e. The van der Waals surface area contributed by atoms with E-state index < -0.39 is 30.0 Å². The van der Waals surface area contributed by atoms with Gasteiger partial charge in [-0.2, -0.15) is 0 Å². The highest BCUT2D eigenvalue weighted by molar-refractivity contribution is 5.75. The van der Waals surface area contributed by atoms with Crippen LogP contribution in [-0.2, 0) is 14.4 Å². The topological polar surface area (TPSA) is 160 Å². The zero-order chi connectivity index (χ0) is 25.4. The van der Waals surface area contributed by atoms with Crippen LogP contribution in [0.1, 0.15) is 89.9 Å². The molecule has 0 aliphatic carbocycles. The first-order valence-corrected chi connectivity index (χ1v) is 12.9. The maximum absolute atomic E-state index is 11.4. The Morgan fingerprint density at radius 3 is 1.53 bits per heavy atom. The minimum Gasteiger partial charge on any atom is -0.481 e. The Bertz CT molecular complexity index is 536. The fraction of sp³-hybridized carbons (Fsp3) is 0.875. The number of aliphatic carboxylic acids is 3. The number of hydrogen-bond donors (Lipinski definition) is 7. The summed E-state index contributed by atoms with van der Waals surface area (Å²) in [5, 5.41) is 39.2. The number of carbonyl (C=O) groups is 3. The lowest BCUT2D eigenvalue weighted by Crippen LogP contribution is -2.47. The van der Waals surface area contributed by atoms with Crippen LogP contribution in [0, 0.1) is 0 Å². The second-order valence-corrected chi connectivity index (χ2v) is 8.83. The molecule has 0 spiro atoms. The summed E-state index contributed by atoms with van der Waals surface area (Å²) in [4.78, 5) is 33.2. The molecular weight excluding hydrogens is 440 g/mol. The van der Waals surface area contributed by atoms with E-state index in [1.807, 2.05) is 7.05 Å². The van der Waals surface area contributed by atoms with E-state index >= 15 is 0 Å². The fourth-order valence-electron chi connectivity index (χ4n) is 3.71. The van der Waals surface area contributed by atoms with Gasteiger partial charge in [0, 0.05) is 13.1 Å². The Hall–Kier alpha value is -1.75. The summed E-state index contributed by atoms with van der Waals surface area (Å²) in [7, 11) is 2.00. The molecule has 0 radical (unpaired) electrons. The molecule has 10 nitrogen and oxygen atoms in total. The van der Waals surface area contributed by atoms with Crippen molar-refractivity contribution in [3.05, 3.63) is 0 Å². The molecule has 2 atom stereocenters. The van der Waals surface area contributed by atoms with Gasteiger partial charge in [-0.3, -0.25) is 25.0 Å². The second-order valence-electron chi connectivity index (χ2n) is 8.83. The first-order chi connectivity index (χ1) is 16.4. The lowest BCUT2D eigenvalue weighted by molar-refractivity contribution is -0.141. The lowest BCUT2D eigenvalue weighted by Gasteiger charge is -2.18. The van der Waals surface area contributed by atoms with Crippen LogP contribution in [0.5, 0.6) is 0 Å². The quantitative estimate of drug-likeness (QED) is 0.0711. The van der Waals surface area contributed by atoms with E-state index in [2.05, 4.69) is 21.3 Å². The highest BCUT2D eigenvalue weighted by atomic mass is 16.4. The van der Waals surface area contributed by atoms with E-state index in [1.165, 1.54) is 57.8 Å². The molecule has 0 aromatic carbocycles. The van der Waals surface area contributed by atoms with Crippen LogP contribution >= 0.6 is 0 Å². The van der Waals surface area contributed by atoms with Crippen LogP contribution in [0.2, 0.25) is 0 Å². The monoisotopic (exact) mass is 488 g/mol. The highest BCUT2D eigenvalue weighted by Crippen LogP contribution is 2.09. The van der Waals surface area contributed by atoms with E-state index in [4.69, 9.17) is 10.2 Å². The molecule has 2 unspecified atom stereocenters. The van der Waals surface area contributed by atoms with Crippen molar-refractivity contribution in [2.45, 2.75) is 102 Å². The Morgan fingerprint density at radius 1 is 0.618 bits per heavy atom. The molecule has 0 amide bonds. The minimum atomic E-state index is -1.16. The highest BCUT2D eigenvalue weighted by Gasteiger charge is 2.20. The molecule has 0 aliphatic rings. The van der Waals surface area contributed by atoms with E-state index in [1.54, 1.807) is 0 Å². The summed E-state index contributed by atoms with van der Waals surface area (Å²) in [6.45, 7) is 2.95. The number of carboxylic acid groups (broad SMARTS) is 3. The van der Waals surface area contributed by atoms with Gasteiger partial charge in [0.2, 0.25) is 0 Å². The average Bonchev–Trinajstić information content (AvgIpc) is 2.78. The third kappa shape index (κ3) is 20.8. The summed E-state index contributed by atoms with van der Waals surface area (Å²) in [6.07, 6.45) is 13.4. The van der Waals surface area contributed by atoms with Crippen LogP contribution in [0.4, 0.5) is 0 Å². The number of unbranched alkanes of at least 4 members (excludes halogenated alkanes) is 9. The van der Waals surface area contributed by atoms with Crippen molar-refractivity contribution >= 4 is 17.9 Å². The van der Waals surface area contributed by atoms with Crippen LogP contribution in [-0.4, -0.2) is 78.7 Å². The SMILES string of the molecule is CNCCCCCCCCCCCNCCCCC(NCNC(CCC(=O)O)C(=O)O)C(=O)O. The van der Waals surface area contributed by atoms with Crippen molar-refractivity contribution < 1.29 is 29.7 Å². The number of hydrogen-bond acceptors (Lipinski definition) is 7. The van der Waals surface area contributed by atoms with Gasteiger partial charge in [0.25, 0.3) is 0 Å². The van der Waals surface area contributed by atoms with Gasteiger partial charge in [0.1, 0.15) is 12.1 Å². The Labute approximate surface area is 204 Å². The van der Waals surface area contributed by atoms with E-state index in [-0.39, 0.29) is 19.5 Å². The maximum Gasteiger partial charge on any atom is 0.320 e.